The molecule has 5 aliphatic rings. The molecule has 3 aliphatic carbocycles. The van der Waals surface area contributed by atoms with Gasteiger partial charge in [0, 0.05) is 6.04 Å². The van der Waals surface area contributed by atoms with Gasteiger partial charge in [0.05, 0.1) is 12.4 Å². The lowest BCUT2D eigenvalue weighted by atomic mass is 9.44. The number of hydrogen-bond donors (Lipinski definition) is 2. The zero-order valence-electron chi connectivity index (χ0n) is 17.1. The molecule has 1 saturated heterocycles. The highest BCUT2D eigenvalue weighted by molar-refractivity contribution is 6.48. The smallest absolute Gasteiger partial charge is 0.496 e. The number of ether oxygens (including phenoxy) is 1. The van der Waals surface area contributed by atoms with Crippen molar-refractivity contribution in [3.63, 3.8) is 0 Å². The Labute approximate surface area is 171 Å². The van der Waals surface area contributed by atoms with E-state index in [1.165, 1.54) is 6.42 Å². The summed E-state index contributed by atoms with van der Waals surface area (Å²) < 4.78 is 16.9. The number of aliphatic hydroxyl groups excluding tert-OH is 2. The number of rotatable bonds is 3. The molecule has 1 aromatic rings. The summed E-state index contributed by atoms with van der Waals surface area (Å²) >= 11 is 0. The molecule has 3 unspecified atom stereocenters. The van der Waals surface area contributed by atoms with E-state index in [1.807, 2.05) is 35.2 Å². The van der Waals surface area contributed by atoms with Gasteiger partial charge in [0.1, 0.15) is 6.10 Å². The van der Waals surface area contributed by atoms with Gasteiger partial charge >= 0.3 is 7.12 Å². The van der Waals surface area contributed by atoms with Crippen LogP contribution in [0.4, 0.5) is 0 Å². The van der Waals surface area contributed by atoms with Gasteiger partial charge in [-0.2, -0.15) is 0 Å². The van der Waals surface area contributed by atoms with E-state index >= 15 is 0 Å². The maximum Gasteiger partial charge on any atom is 0.633 e. The minimum Gasteiger partial charge on any atom is -0.496 e. The zero-order chi connectivity index (χ0) is 20.3. The summed E-state index contributed by atoms with van der Waals surface area (Å²) in [6, 6.07) is 9.57. The van der Waals surface area contributed by atoms with E-state index in [0.717, 1.165) is 12.0 Å². The second-order valence-corrected chi connectivity index (χ2v) is 9.44. The number of nitrogens with zero attached hydrogens (tertiary/aromatic N) is 1. The first-order chi connectivity index (χ1) is 13.8. The van der Waals surface area contributed by atoms with Crippen molar-refractivity contribution in [1.82, 2.24) is 4.90 Å². The van der Waals surface area contributed by atoms with E-state index in [0.29, 0.717) is 23.2 Å². The van der Waals surface area contributed by atoms with E-state index in [1.54, 1.807) is 12.4 Å². The average molecular weight is 397 g/mol. The van der Waals surface area contributed by atoms with Gasteiger partial charge in [0.15, 0.2) is 6.00 Å². The average Bonchev–Trinajstić information content (AvgIpc) is 3.47. The van der Waals surface area contributed by atoms with Crippen molar-refractivity contribution >= 4 is 7.12 Å². The molecule has 2 N–H and O–H groups in total. The van der Waals surface area contributed by atoms with E-state index in [-0.39, 0.29) is 24.0 Å². The minimum atomic E-state index is -0.911. The molecule has 6 atom stereocenters. The Balaban J connectivity index is 1.30. The van der Waals surface area contributed by atoms with Crippen molar-refractivity contribution in [2.75, 3.05) is 0 Å². The number of aliphatic hydroxyl groups is 2. The topological polar surface area (TPSA) is 74.7 Å². The van der Waals surface area contributed by atoms with Crippen molar-refractivity contribution in [3.05, 3.63) is 60.2 Å². The van der Waals surface area contributed by atoms with Crippen molar-refractivity contribution in [2.45, 2.75) is 51.8 Å². The predicted molar refractivity (Wildman–Crippen MR) is 108 cm³/mol. The Morgan fingerprint density at radius 1 is 1.03 bits per heavy atom. The van der Waals surface area contributed by atoms with Gasteiger partial charge in [-0.1, -0.05) is 51.1 Å². The minimum absolute atomic E-state index is 0.176. The van der Waals surface area contributed by atoms with Gasteiger partial charge in [-0.3, -0.25) is 0 Å². The molecule has 0 radical (unpaired) electrons. The van der Waals surface area contributed by atoms with Crippen LogP contribution >= 0.6 is 0 Å². The van der Waals surface area contributed by atoms with Gasteiger partial charge in [0.2, 0.25) is 0 Å². The third-order valence-electron chi connectivity index (χ3n) is 7.61. The second-order valence-electron chi connectivity index (χ2n) is 9.44. The molecule has 0 aromatic heterocycles. The predicted octanol–water partition coefficient (Wildman–Crippen LogP) is 4.29. The van der Waals surface area contributed by atoms with Crippen LogP contribution in [0.25, 0.3) is 0 Å². The van der Waals surface area contributed by atoms with Crippen molar-refractivity contribution in [1.29, 1.82) is 0 Å². The van der Waals surface area contributed by atoms with E-state index in [4.69, 9.17) is 14.0 Å². The highest BCUT2D eigenvalue weighted by Crippen LogP contribution is 2.62. The first kappa shape index (κ1) is 18.7. The van der Waals surface area contributed by atoms with Crippen LogP contribution < -0.4 is 0 Å². The van der Waals surface area contributed by atoms with E-state index < -0.39 is 13.1 Å². The van der Waals surface area contributed by atoms with Crippen molar-refractivity contribution in [2.24, 2.45) is 23.2 Å². The first-order valence-electron chi connectivity index (χ1n) is 10.5. The molecule has 1 aromatic carbocycles. The standard InChI is InChI=1S/C22H28BNO5/c1-13-16-9-15(22(16,2)3)10-17(13)24-11-18(25)28-23(29-19(26)12-24)21-20(27-21)14-7-5-4-6-8-14/h4-8,11-13,15-17,20-21,25-26H,9-10H2,1-3H3/b18-11-,19-12?/t13-,15?,16-,17?,20+,21?/m1/s1. The van der Waals surface area contributed by atoms with Crippen LogP contribution in [0, 0.1) is 23.2 Å². The summed E-state index contributed by atoms with van der Waals surface area (Å²) in [6.45, 7) is 6.96. The van der Waals surface area contributed by atoms with E-state index in [2.05, 4.69) is 20.8 Å². The number of hydrogen-bond acceptors (Lipinski definition) is 6. The molecule has 154 valence electrons. The first-order valence-corrected chi connectivity index (χ1v) is 10.5. The summed E-state index contributed by atoms with van der Waals surface area (Å²) in [5.41, 5.74) is 1.38. The van der Waals surface area contributed by atoms with Crippen LogP contribution in [0.5, 0.6) is 0 Å². The molecule has 0 amide bonds. The fourth-order valence-electron chi connectivity index (χ4n) is 5.70. The lowest BCUT2D eigenvalue weighted by molar-refractivity contribution is -0.128. The maximum atomic E-state index is 10.4. The summed E-state index contributed by atoms with van der Waals surface area (Å²) in [6.07, 6.45) is 5.22. The highest BCUT2D eigenvalue weighted by Gasteiger charge is 2.58. The summed E-state index contributed by atoms with van der Waals surface area (Å²) in [5.74, 6) is 1.28. The SMILES string of the molecule is C[C@H]1C(N2C=C(O)OB(C3O[C@H]3c3ccccc3)O/C(O)=C\2)CC2C[C@H]1C2(C)C. The molecule has 6 rings (SSSR count). The van der Waals surface area contributed by atoms with Crippen LogP contribution in [0.2, 0.25) is 0 Å². The summed E-state index contributed by atoms with van der Waals surface area (Å²) in [5, 5.41) is 20.8. The zero-order valence-corrected chi connectivity index (χ0v) is 17.1. The van der Waals surface area contributed by atoms with E-state index in [9.17, 15) is 10.2 Å². The molecule has 4 fully saturated rings. The molecular weight excluding hydrogens is 369 g/mol. The lowest BCUT2D eigenvalue weighted by Crippen LogP contribution is -2.59. The normalized spacial score (nSPS) is 39.6. The summed E-state index contributed by atoms with van der Waals surface area (Å²) in [4.78, 5) is 1.85. The highest BCUT2D eigenvalue weighted by atomic mass is 16.7. The molecule has 7 heteroatoms. The number of epoxide rings is 1. The van der Waals surface area contributed by atoms with Gasteiger partial charge in [-0.25, -0.2) is 0 Å². The fraction of sp³-hybridized carbons (Fsp3) is 0.545. The van der Waals surface area contributed by atoms with Gasteiger partial charge in [-0.05, 0) is 41.6 Å². The molecule has 3 saturated carbocycles. The Morgan fingerprint density at radius 3 is 2.28 bits per heavy atom. The fourth-order valence-corrected chi connectivity index (χ4v) is 5.70. The summed E-state index contributed by atoms with van der Waals surface area (Å²) in [7, 11) is -0.911. The second kappa shape index (κ2) is 6.62. The van der Waals surface area contributed by atoms with Gasteiger partial charge < -0.3 is 29.2 Å². The van der Waals surface area contributed by atoms with Crippen LogP contribution in [-0.2, 0) is 14.0 Å². The Morgan fingerprint density at radius 2 is 1.69 bits per heavy atom. The lowest BCUT2D eigenvalue weighted by Gasteiger charge is -2.63. The quantitative estimate of drug-likeness (QED) is 0.586. The molecule has 2 heterocycles. The molecule has 6 nitrogen and oxygen atoms in total. The number of benzene rings is 1. The van der Waals surface area contributed by atoms with Crippen LogP contribution in [0.3, 0.4) is 0 Å². The largest absolute Gasteiger partial charge is 0.633 e. The van der Waals surface area contributed by atoms with Crippen molar-refractivity contribution in [3.8, 4) is 0 Å². The maximum absolute atomic E-state index is 10.4. The molecule has 0 spiro atoms. The van der Waals surface area contributed by atoms with Crippen LogP contribution in [0.15, 0.2) is 54.6 Å². The Hall–Kier alpha value is -2.28. The third-order valence-corrected chi connectivity index (χ3v) is 7.61. The van der Waals surface area contributed by atoms with Crippen molar-refractivity contribution < 1.29 is 24.3 Å². The van der Waals surface area contributed by atoms with Gasteiger partial charge in [0.25, 0.3) is 11.9 Å². The Bertz CT molecular complexity index is 819. The van der Waals surface area contributed by atoms with Crippen LogP contribution in [0.1, 0.15) is 45.3 Å². The number of fused-ring (bicyclic) bond motifs is 2. The third kappa shape index (κ3) is 3.16. The van der Waals surface area contributed by atoms with Gasteiger partial charge in [-0.15, -0.1) is 0 Å². The molecule has 2 aliphatic heterocycles. The molecule has 2 bridgehead atoms. The molecular formula is C22H28BNO5. The van der Waals surface area contributed by atoms with Crippen LogP contribution in [-0.4, -0.2) is 34.3 Å². The Kier molecular flexibility index (Phi) is 4.28. The monoisotopic (exact) mass is 397 g/mol. The molecule has 29 heavy (non-hydrogen) atoms.